The molecule has 0 saturated carbocycles. The zero-order chi connectivity index (χ0) is 26.8. The summed E-state index contributed by atoms with van der Waals surface area (Å²) < 4.78 is 0. The first-order valence-electron chi connectivity index (χ1n) is 13.6. The third-order valence-corrected chi connectivity index (χ3v) is 7.00. The molecule has 1 aliphatic rings. The summed E-state index contributed by atoms with van der Waals surface area (Å²) in [5.74, 6) is 0.769. The standard InChI is InChI=1S/C36H48/c1-24(2)30-12-14-31(15-13-30)34-17-25(3)16-33(34)27(5)18-26(4)32-20-28(22-35(6,7)8)19-29(21-32)23-36(9,10)11/h12-17,19-21,27,34H,1,4,18,22-23H2,2-3,5-11H3/t27-,34?/m1/s1. The molecule has 0 N–H and O–H groups in total. The second kappa shape index (κ2) is 10.8. The van der Waals surface area contributed by atoms with Crippen molar-refractivity contribution in [3.05, 3.63) is 107 Å². The van der Waals surface area contributed by atoms with Gasteiger partial charge in [0.05, 0.1) is 0 Å². The summed E-state index contributed by atoms with van der Waals surface area (Å²) in [5, 5.41) is 0. The lowest BCUT2D eigenvalue weighted by molar-refractivity contribution is 0.405. The summed E-state index contributed by atoms with van der Waals surface area (Å²) in [6, 6.07) is 16.2. The van der Waals surface area contributed by atoms with Gasteiger partial charge in [-0.2, -0.15) is 0 Å². The second-order valence-electron chi connectivity index (χ2n) is 13.7. The van der Waals surface area contributed by atoms with Crippen LogP contribution in [0.4, 0.5) is 0 Å². The molecule has 192 valence electrons. The Bertz CT molecular complexity index is 1130. The van der Waals surface area contributed by atoms with E-state index in [1.165, 1.54) is 44.5 Å². The predicted molar refractivity (Wildman–Crippen MR) is 161 cm³/mol. The molecular weight excluding hydrogens is 432 g/mol. The molecule has 0 heteroatoms. The fraction of sp³-hybridized carbons (Fsp3) is 0.444. The summed E-state index contributed by atoms with van der Waals surface area (Å²) >= 11 is 0. The van der Waals surface area contributed by atoms with Crippen molar-refractivity contribution in [2.24, 2.45) is 16.7 Å². The van der Waals surface area contributed by atoms with Crippen molar-refractivity contribution < 1.29 is 0 Å². The Morgan fingerprint density at radius 3 is 1.83 bits per heavy atom. The topological polar surface area (TPSA) is 0 Å². The molecule has 0 radical (unpaired) electrons. The molecule has 0 saturated heterocycles. The zero-order valence-electron chi connectivity index (χ0n) is 24.4. The van der Waals surface area contributed by atoms with Crippen LogP contribution in [-0.2, 0) is 12.8 Å². The van der Waals surface area contributed by atoms with Gasteiger partial charge in [-0.05, 0) is 83.2 Å². The Kier molecular flexibility index (Phi) is 8.39. The van der Waals surface area contributed by atoms with Crippen LogP contribution in [0.2, 0.25) is 0 Å². The van der Waals surface area contributed by atoms with Crippen LogP contribution in [0.25, 0.3) is 11.1 Å². The number of rotatable bonds is 8. The molecule has 0 bridgehead atoms. The summed E-state index contributed by atoms with van der Waals surface area (Å²) in [6.07, 6.45) is 7.95. The van der Waals surface area contributed by atoms with Crippen LogP contribution in [0.3, 0.4) is 0 Å². The average molecular weight is 481 g/mol. The van der Waals surface area contributed by atoms with Gasteiger partial charge in [0.2, 0.25) is 0 Å². The lowest BCUT2D eigenvalue weighted by atomic mass is 9.80. The minimum atomic E-state index is 0.261. The maximum Gasteiger partial charge on any atom is 0.0239 e. The maximum absolute atomic E-state index is 4.61. The first-order valence-corrected chi connectivity index (χ1v) is 13.6. The van der Waals surface area contributed by atoms with Crippen LogP contribution in [0, 0.1) is 16.7 Å². The van der Waals surface area contributed by atoms with Crippen molar-refractivity contribution in [3.63, 3.8) is 0 Å². The van der Waals surface area contributed by atoms with E-state index in [1.807, 2.05) is 0 Å². The fourth-order valence-corrected chi connectivity index (χ4v) is 5.47. The molecule has 0 spiro atoms. The van der Waals surface area contributed by atoms with Crippen LogP contribution in [0.5, 0.6) is 0 Å². The van der Waals surface area contributed by atoms with Gasteiger partial charge in [0.15, 0.2) is 0 Å². The molecule has 36 heavy (non-hydrogen) atoms. The molecule has 3 rings (SSSR count). The van der Waals surface area contributed by atoms with Gasteiger partial charge in [-0.1, -0.05) is 133 Å². The lowest BCUT2D eigenvalue weighted by Crippen LogP contribution is -2.13. The van der Waals surface area contributed by atoms with Gasteiger partial charge in [-0.25, -0.2) is 0 Å². The van der Waals surface area contributed by atoms with Gasteiger partial charge in [0.25, 0.3) is 0 Å². The highest BCUT2D eigenvalue weighted by molar-refractivity contribution is 5.66. The Morgan fingerprint density at radius 2 is 1.36 bits per heavy atom. The summed E-state index contributed by atoms with van der Waals surface area (Å²) in [7, 11) is 0. The van der Waals surface area contributed by atoms with Gasteiger partial charge in [-0.3, -0.25) is 0 Å². The van der Waals surface area contributed by atoms with Crippen molar-refractivity contribution >= 4 is 11.1 Å². The van der Waals surface area contributed by atoms with Gasteiger partial charge in [0, 0.05) is 5.92 Å². The van der Waals surface area contributed by atoms with Gasteiger partial charge < -0.3 is 0 Å². The van der Waals surface area contributed by atoms with Crippen LogP contribution < -0.4 is 0 Å². The Labute approximate surface area is 221 Å². The molecule has 0 aliphatic heterocycles. The second-order valence-corrected chi connectivity index (χ2v) is 13.7. The zero-order valence-corrected chi connectivity index (χ0v) is 24.4. The van der Waals surface area contributed by atoms with E-state index < -0.39 is 0 Å². The van der Waals surface area contributed by atoms with E-state index in [2.05, 4.69) is 130 Å². The molecular formula is C36H48. The van der Waals surface area contributed by atoms with Gasteiger partial charge in [-0.15, -0.1) is 0 Å². The van der Waals surface area contributed by atoms with E-state index in [-0.39, 0.29) is 10.8 Å². The molecule has 0 amide bonds. The van der Waals surface area contributed by atoms with Crippen LogP contribution in [0.1, 0.15) is 102 Å². The van der Waals surface area contributed by atoms with E-state index >= 15 is 0 Å². The summed E-state index contributed by atoms with van der Waals surface area (Å²) in [5.41, 5.74) is 12.5. The number of allylic oxidation sites excluding steroid dienone is 6. The molecule has 0 nitrogen and oxygen atoms in total. The van der Waals surface area contributed by atoms with E-state index in [4.69, 9.17) is 0 Å². The average Bonchev–Trinajstić information content (AvgIpc) is 3.13. The summed E-state index contributed by atoms with van der Waals surface area (Å²) in [4.78, 5) is 0. The molecule has 0 fully saturated rings. The molecule has 1 unspecified atom stereocenters. The van der Waals surface area contributed by atoms with Crippen molar-refractivity contribution in [3.8, 4) is 0 Å². The number of benzene rings is 2. The minimum Gasteiger partial charge on any atom is -0.0955 e. The highest BCUT2D eigenvalue weighted by Gasteiger charge is 2.25. The predicted octanol–water partition coefficient (Wildman–Crippen LogP) is 10.6. The minimum absolute atomic E-state index is 0.261. The monoisotopic (exact) mass is 480 g/mol. The lowest BCUT2D eigenvalue weighted by Gasteiger charge is -2.24. The molecule has 2 atom stereocenters. The van der Waals surface area contributed by atoms with Gasteiger partial charge >= 0.3 is 0 Å². The highest BCUT2D eigenvalue weighted by atomic mass is 14.3. The summed E-state index contributed by atoms with van der Waals surface area (Å²) in [6.45, 7) is 29.3. The third kappa shape index (κ3) is 7.70. The Morgan fingerprint density at radius 1 is 0.833 bits per heavy atom. The maximum atomic E-state index is 4.61. The van der Waals surface area contributed by atoms with E-state index in [0.717, 1.165) is 24.8 Å². The molecule has 1 aliphatic carbocycles. The van der Waals surface area contributed by atoms with Crippen molar-refractivity contribution in [1.82, 2.24) is 0 Å². The number of hydrogen-bond donors (Lipinski definition) is 0. The first kappa shape index (κ1) is 28.0. The van der Waals surface area contributed by atoms with Crippen molar-refractivity contribution in [1.29, 1.82) is 0 Å². The van der Waals surface area contributed by atoms with Crippen molar-refractivity contribution in [2.75, 3.05) is 0 Å². The molecule has 2 aromatic rings. The fourth-order valence-electron chi connectivity index (χ4n) is 5.47. The van der Waals surface area contributed by atoms with Crippen molar-refractivity contribution in [2.45, 2.75) is 87.5 Å². The highest BCUT2D eigenvalue weighted by Crippen LogP contribution is 2.41. The first-order chi connectivity index (χ1) is 16.6. The van der Waals surface area contributed by atoms with E-state index in [0.29, 0.717) is 11.8 Å². The SMILES string of the molecule is C=C(C)c1ccc(C2C=C(C)C=C2[C@H](C)CC(=C)c2cc(CC(C)(C)C)cc(CC(C)(C)C)c2)cc1. The molecule has 0 aromatic heterocycles. The van der Waals surface area contributed by atoms with Crippen LogP contribution in [-0.4, -0.2) is 0 Å². The van der Waals surface area contributed by atoms with Crippen LogP contribution in [0.15, 0.2) is 78.9 Å². The molecule has 2 aromatic carbocycles. The number of hydrogen-bond acceptors (Lipinski definition) is 0. The smallest absolute Gasteiger partial charge is 0.0239 e. The normalized spacial score (nSPS) is 17.0. The largest absolute Gasteiger partial charge is 0.0955 e. The molecule has 0 heterocycles. The quantitative estimate of drug-likeness (QED) is 0.352. The van der Waals surface area contributed by atoms with E-state index in [1.54, 1.807) is 0 Å². The van der Waals surface area contributed by atoms with E-state index in [9.17, 15) is 0 Å². The van der Waals surface area contributed by atoms with Gasteiger partial charge in [0.1, 0.15) is 0 Å². The Hall–Kier alpha value is -2.60. The Balaban J connectivity index is 1.84. The third-order valence-electron chi connectivity index (χ3n) is 7.00. The van der Waals surface area contributed by atoms with Crippen LogP contribution >= 0.6 is 0 Å².